The van der Waals surface area contributed by atoms with Crippen molar-refractivity contribution >= 4 is 11.8 Å². The Morgan fingerprint density at radius 1 is 1.09 bits per heavy atom. The molecular weight excluding hydrogens is 302 g/mol. The van der Waals surface area contributed by atoms with Gasteiger partial charge < -0.3 is 19.3 Å². The van der Waals surface area contributed by atoms with Crippen molar-refractivity contribution in [3.05, 3.63) is 17.7 Å². The number of carboxylic acids is 1. The van der Waals surface area contributed by atoms with Crippen LogP contribution >= 0.6 is 0 Å². The highest BCUT2D eigenvalue weighted by Crippen LogP contribution is 2.38. The van der Waals surface area contributed by atoms with Gasteiger partial charge in [0.15, 0.2) is 17.3 Å². The first-order valence-corrected chi connectivity index (χ1v) is 7.15. The lowest BCUT2D eigenvalue weighted by Gasteiger charge is -2.18. The number of carbonyl (C=O) groups is 2. The Balaban J connectivity index is 2.98. The number of carboxylic acid groups (broad SMARTS) is 1. The average Bonchev–Trinajstić information content (AvgIpc) is 2.52. The third-order valence-electron chi connectivity index (χ3n) is 3.40. The van der Waals surface area contributed by atoms with Crippen LogP contribution in [0.15, 0.2) is 12.1 Å². The van der Waals surface area contributed by atoms with E-state index in [1.807, 2.05) is 0 Å². The Bertz CT molecular complexity index is 545. The van der Waals surface area contributed by atoms with Gasteiger partial charge in [0, 0.05) is 5.56 Å². The van der Waals surface area contributed by atoms with E-state index in [0.717, 1.165) is 0 Å². The van der Waals surface area contributed by atoms with Crippen LogP contribution in [0.3, 0.4) is 0 Å². The molecule has 0 fully saturated rings. The van der Waals surface area contributed by atoms with Crippen LogP contribution in [-0.4, -0.2) is 50.8 Å². The zero-order chi connectivity index (χ0) is 17.6. The van der Waals surface area contributed by atoms with E-state index in [-0.39, 0.29) is 18.2 Å². The predicted octanol–water partition coefficient (Wildman–Crippen LogP) is 1.59. The summed E-state index contributed by atoms with van der Waals surface area (Å²) in [7, 11) is 4.40. The molecule has 0 heterocycles. The predicted molar refractivity (Wildman–Crippen MR) is 84.7 cm³/mol. The molecular formula is C16H23NO6. The van der Waals surface area contributed by atoms with Crippen LogP contribution in [0.25, 0.3) is 0 Å². The molecule has 7 heteroatoms. The summed E-state index contributed by atoms with van der Waals surface area (Å²) >= 11 is 0. The fourth-order valence-corrected chi connectivity index (χ4v) is 2.15. The summed E-state index contributed by atoms with van der Waals surface area (Å²) < 4.78 is 15.6. The van der Waals surface area contributed by atoms with E-state index in [1.54, 1.807) is 13.8 Å². The third-order valence-corrected chi connectivity index (χ3v) is 3.40. The van der Waals surface area contributed by atoms with E-state index in [4.69, 9.17) is 19.3 Å². The average molecular weight is 325 g/mol. The van der Waals surface area contributed by atoms with Crippen molar-refractivity contribution in [2.24, 2.45) is 5.92 Å². The summed E-state index contributed by atoms with van der Waals surface area (Å²) in [6.45, 7) is 3.44. The number of rotatable bonds is 9. The maximum Gasteiger partial charge on any atom is 0.320 e. The van der Waals surface area contributed by atoms with Crippen LogP contribution in [0.4, 0.5) is 0 Å². The van der Waals surface area contributed by atoms with Gasteiger partial charge in [-0.1, -0.05) is 13.8 Å². The van der Waals surface area contributed by atoms with Crippen molar-refractivity contribution in [2.45, 2.75) is 19.9 Å². The maximum atomic E-state index is 12.3. The number of nitrogens with one attached hydrogen (secondary N) is 1. The number of Topliss-reactive ketones (excluding diaryl/α,β-unsaturated/α-hetero) is 1. The Morgan fingerprint density at radius 3 is 1.96 bits per heavy atom. The van der Waals surface area contributed by atoms with E-state index >= 15 is 0 Å². The SMILES string of the molecule is COc1cc(C(=O)CN[C@H](C(=O)O)C(C)C)cc(OC)c1OC. The van der Waals surface area contributed by atoms with Gasteiger partial charge in [-0.3, -0.25) is 14.9 Å². The zero-order valence-corrected chi connectivity index (χ0v) is 14.0. The molecule has 7 nitrogen and oxygen atoms in total. The molecule has 0 aliphatic carbocycles. The highest BCUT2D eigenvalue weighted by atomic mass is 16.5. The Morgan fingerprint density at radius 2 is 1.61 bits per heavy atom. The van der Waals surface area contributed by atoms with Crippen molar-refractivity contribution in [3.8, 4) is 17.2 Å². The molecule has 2 N–H and O–H groups in total. The van der Waals surface area contributed by atoms with Gasteiger partial charge in [-0.05, 0) is 18.1 Å². The minimum absolute atomic E-state index is 0.103. The normalized spacial score (nSPS) is 11.9. The summed E-state index contributed by atoms with van der Waals surface area (Å²) in [5.74, 6) is -0.262. The molecule has 1 atom stereocenters. The molecule has 0 radical (unpaired) electrons. The second-order valence-corrected chi connectivity index (χ2v) is 5.28. The summed E-state index contributed by atoms with van der Waals surface area (Å²) in [5.41, 5.74) is 0.347. The molecule has 0 aromatic heterocycles. The van der Waals surface area contributed by atoms with Gasteiger partial charge in [-0.25, -0.2) is 0 Å². The second-order valence-electron chi connectivity index (χ2n) is 5.28. The van der Waals surface area contributed by atoms with Crippen LogP contribution < -0.4 is 19.5 Å². The van der Waals surface area contributed by atoms with Gasteiger partial charge in [-0.2, -0.15) is 0 Å². The number of methoxy groups -OCH3 is 3. The van der Waals surface area contributed by atoms with Crippen molar-refractivity contribution in [2.75, 3.05) is 27.9 Å². The molecule has 1 aromatic rings. The Hall–Kier alpha value is -2.28. The van der Waals surface area contributed by atoms with Crippen LogP contribution in [-0.2, 0) is 4.79 Å². The molecule has 1 aromatic carbocycles. The second kappa shape index (κ2) is 8.38. The number of hydrogen-bond acceptors (Lipinski definition) is 6. The topological polar surface area (TPSA) is 94.1 Å². The largest absolute Gasteiger partial charge is 0.493 e. The van der Waals surface area contributed by atoms with Gasteiger partial charge in [0.05, 0.1) is 27.9 Å². The molecule has 0 saturated heterocycles. The fraction of sp³-hybridized carbons (Fsp3) is 0.500. The summed E-state index contributed by atoms with van der Waals surface area (Å²) in [5, 5.41) is 11.9. The lowest BCUT2D eigenvalue weighted by molar-refractivity contribution is -0.140. The lowest BCUT2D eigenvalue weighted by Crippen LogP contribution is -2.43. The Kier molecular flexibility index (Phi) is 6.84. The first-order valence-electron chi connectivity index (χ1n) is 7.15. The highest BCUT2D eigenvalue weighted by molar-refractivity contribution is 5.99. The number of ketones is 1. The van der Waals surface area contributed by atoms with E-state index in [0.29, 0.717) is 22.8 Å². The van der Waals surface area contributed by atoms with Crippen molar-refractivity contribution in [3.63, 3.8) is 0 Å². The van der Waals surface area contributed by atoms with Crippen LogP contribution in [0, 0.1) is 5.92 Å². The maximum absolute atomic E-state index is 12.3. The van der Waals surface area contributed by atoms with Crippen LogP contribution in [0.5, 0.6) is 17.2 Å². The smallest absolute Gasteiger partial charge is 0.320 e. The zero-order valence-electron chi connectivity index (χ0n) is 14.0. The van der Waals surface area contributed by atoms with E-state index in [9.17, 15) is 9.59 Å². The van der Waals surface area contributed by atoms with Gasteiger partial charge in [0.2, 0.25) is 5.75 Å². The fourth-order valence-electron chi connectivity index (χ4n) is 2.15. The minimum Gasteiger partial charge on any atom is -0.493 e. The van der Waals surface area contributed by atoms with Gasteiger partial charge >= 0.3 is 5.97 Å². The first-order chi connectivity index (χ1) is 10.8. The van der Waals surface area contributed by atoms with Crippen molar-refractivity contribution in [1.82, 2.24) is 5.32 Å². The minimum atomic E-state index is -0.988. The molecule has 0 bridgehead atoms. The van der Waals surface area contributed by atoms with E-state index in [2.05, 4.69) is 5.32 Å². The van der Waals surface area contributed by atoms with Crippen LogP contribution in [0.2, 0.25) is 0 Å². The molecule has 0 amide bonds. The number of benzene rings is 1. The summed E-state index contributed by atoms with van der Waals surface area (Å²) in [6, 6.07) is 2.29. The molecule has 0 unspecified atom stereocenters. The van der Waals surface area contributed by atoms with Gasteiger partial charge in [0.25, 0.3) is 0 Å². The van der Waals surface area contributed by atoms with Gasteiger partial charge in [-0.15, -0.1) is 0 Å². The first kappa shape index (κ1) is 18.8. The summed E-state index contributed by atoms with van der Waals surface area (Å²) in [4.78, 5) is 23.5. The Labute approximate surface area is 135 Å². The van der Waals surface area contributed by atoms with Crippen molar-refractivity contribution < 1.29 is 28.9 Å². The number of ether oxygens (including phenoxy) is 3. The number of hydrogen-bond donors (Lipinski definition) is 2. The van der Waals surface area contributed by atoms with E-state index in [1.165, 1.54) is 33.5 Å². The molecule has 0 spiro atoms. The third kappa shape index (κ3) is 4.59. The van der Waals surface area contributed by atoms with Crippen molar-refractivity contribution in [1.29, 1.82) is 0 Å². The van der Waals surface area contributed by atoms with Gasteiger partial charge in [0.1, 0.15) is 6.04 Å². The highest BCUT2D eigenvalue weighted by Gasteiger charge is 2.23. The number of aliphatic carboxylic acids is 1. The molecule has 1 rings (SSSR count). The molecule has 128 valence electrons. The molecule has 0 aliphatic rings. The van der Waals surface area contributed by atoms with E-state index < -0.39 is 12.0 Å². The number of carbonyl (C=O) groups excluding carboxylic acids is 1. The quantitative estimate of drug-likeness (QED) is 0.666. The lowest BCUT2D eigenvalue weighted by atomic mass is 10.0. The summed E-state index contributed by atoms with van der Waals surface area (Å²) in [6.07, 6.45) is 0. The monoisotopic (exact) mass is 325 g/mol. The molecule has 23 heavy (non-hydrogen) atoms. The molecule has 0 aliphatic heterocycles. The van der Waals surface area contributed by atoms with Crippen LogP contribution in [0.1, 0.15) is 24.2 Å². The molecule has 0 saturated carbocycles. The standard InChI is InChI=1S/C16H23NO6/c1-9(2)14(16(19)20)17-8-11(18)10-6-12(21-3)15(23-5)13(7-10)22-4/h6-7,9,14,17H,8H2,1-5H3,(H,19,20)/t14-/m0/s1.